The first kappa shape index (κ1) is 20.4. The Balaban J connectivity index is 1.43. The molecule has 1 N–H and O–H groups in total. The number of amides is 2. The minimum Gasteiger partial charge on any atom is -0.349 e. The number of carbonyl (C=O) groups is 2. The van der Waals surface area contributed by atoms with Crippen LogP contribution >= 0.6 is 0 Å². The van der Waals surface area contributed by atoms with Gasteiger partial charge < -0.3 is 10.2 Å². The Morgan fingerprint density at radius 2 is 1.53 bits per heavy atom. The van der Waals surface area contributed by atoms with Crippen molar-refractivity contribution in [2.24, 2.45) is 5.92 Å². The van der Waals surface area contributed by atoms with E-state index in [0.29, 0.717) is 42.6 Å². The molecule has 2 aromatic rings. The van der Waals surface area contributed by atoms with Crippen LogP contribution in [0.3, 0.4) is 0 Å². The number of piperidine rings is 1. The highest BCUT2D eigenvalue weighted by molar-refractivity contribution is 6.01. The van der Waals surface area contributed by atoms with Gasteiger partial charge in [-0.3, -0.25) is 9.59 Å². The van der Waals surface area contributed by atoms with E-state index in [-0.39, 0.29) is 23.8 Å². The molecule has 2 aliphatic rings. The molecule has 4 rings (SSSR count). The van der Waals surface area contributed by atoms with Gasteiger partial charge in [0.2, 0.25) is 5.91 Å². The summed E-state index contributed by atoms with van der Waals surface area (Å²) >= 11 is 0. The van der Waals surface area contributed by atoms with Crippen molar-refractivity contribution in [3.8, 4) is 11.1 Å². The van der Waals surface area contributed by atoms with Crippen LogP contribution in [0.5, 0.6) is 0 Å². The molecular formula is C23H23F3N2O2. The Bertz CT molecular complexity index is 928. The van der Waals surface area contributed by atoms with E-state index in [1.807, 2.05) is 4.90 Å². The topological polar surface area (TPSA) is 49.4 Å². The number of hydrogen-bond donors (Lipinski definition) is 1. The number of halogens is 3. The van der Waals surface area contributed by atoms with Gasteiger partial charge in [0.25, 0.3) is 5.91 Å². The van der Waals surface area contributed by atoms with Crippen LogP contribution in [0.2, 0.25) is 0 Å². The predicted molar refractivity (Wildman–Crippen MR) is 107 cm³/mol. The molecule has 0 spiro atoms. The van der Waals surface area contributed by atoms with Gasteiger partial charge in [0.15, 0.2) is 0 Å². The van der Waals surface area contributed by atoms with E-state index in [4.69, 9.17) is 0 Å². The first-order valence-electron chi connectivity index (χ1n) is 10.2. The summed E-state index contributed by atoms with van der Waals surface area (Å²) in [5.74, 6) is 0.177. The van der Waals surface area contributed by atoms with Crippen molar-refractivity contribution in [1.82, 2.24) is 10.2 Å². The third kappa shape index (κ3) is 4.50. The fourth-order valence-electron chi connectivity index (χ4n) is 3.87. The number of alkyl halides is 3. The summed E-state index contributed by atoms with van der Waals surface area (Å²) < 4.78 is 38.5. The van der Waals surface area contributed by atoms with Gasteiger partial charge in [0, 0.05) is 30.6 Å². The first-order chi connectivity index (χ1) is 14.3. The number of carbonyl (C=O) groups excluding carboxylic acids is 2. The van der Waals surface area contributed by atoms with Crippen LogP contribution in [-0.4, -0.2) is 35.8 Å². The fourth-order valence-corrected chi connectivity index (χ4v) is 3.87. The lowest BCUT2D eigenvalue weighted by Crippen LogP contribution is -2.47. The van der Waals surface area contributed by atoms with Crippen LogP contribution in [-0.2, 0) is 11.0 Å². The molecule has 0 unspecified atom stereocenters. The maximum Gasteiger partial charge on any atom is 0.416 e. The number of nitrogens with zero attached hydrogens (tertiary/aromatic N) is 1. The second kappa shape index (κ2) is 8.13. The third-order valence-corrected chi connectivity index (χ3v) is 5.76. The molecule has 1 saturated heterocycles. The highest BCUT2D eigenvalue weighted by Gasteiger charge is 2.35. The van der Waals surface area contributed by atoms with Crippen molar-refractivity contribution in [2.75, 3.05) is 13.1 Å². The monoisotopic (exact) mass is 416 g/mol. The maximum atomic E-state index is 12.9. The maximum absolute atomic E-state index is 12.9. The SMILES string of the molecule is O=C(NC1CCN(C(=O)C2CC2)CC1)c1ccccc1-c1ccc(C(F)(F)F)cc1. The highest BCUT2D eigenvalue weighted by Crippen LogP contribution is 2.33. The Morgan fingerprint density at radius 3 is 2.13 bits per heavy atom. The fraction of sp³-hybridized carbons (Fsp3) is 0.391. The molecule has 2 aromatic carbocycles. The molecule has 0 aromatic heterocycles. The number of rotatable bonds is 4. The van der Waals surface area contributed by atoms with E-state index in [1.165, 1.54) is 12.1 Å². The Labute approximate surface area is 173 Å². The van der Waals surface area contributed by atoms with Gasteiger partial charge in [-0.05, 0) is 55.0 Å². The molecule has 1 aliphatic heterocycles. The summed E-state index contributed by atoms with van der Waals surface area (Å²) in [7, 11) is 0. The molecule has 7 heteroatoms. The van der Waals surface area contributed by atoms with Gasteiger partial charge >= 0.3 is 6.18 Å². The summed E-state index contributed by atoms with van der Waals surface area (Å²) in [6, 6.07) is 11.7. The Kier molecular flexibility index (Phi) is 5.54. The molecule has 158 valence electrons. The molecule has 2 amide bonds. The summed E-state index contributed by atoms with van der Waals surface area (Å²) in [5.41, 5.74) is 0.845. The zero-order chi connectivity index (χ0) is 21.3. The van der Waals surface area contributed by atoms with Gasteiger partial charge in [-0.25, -0.2) is 0 Å². The minimum atomic E-state index is -4.40. The van der Waals surface area contributed by atoms with Crippen molar-refractivity contribution in [2.45, 2.75) is 37.9 Å². The van der Waals surface area contributed by atoms with Crippen molar-refractivity contribution in [3.63, 3.8) is 0 Å². The van der Waals surface area contributed by atoms with Crippen molar-refractivity contribution >= 4 is 11.8 Å². The van der Waals surface area contributed by atoms with E-state index in [1.54, 1.807) is 24.3 Å². The zero-order valence-corrected chi connectivity index (χ0v) is 16.4. The highest BCUT2D eigenvalue weighted by atomic mass is 19.4. The molecule has 0 radical (unpaired) electrons. The van der Waals surface area contributed by atoms with E-state index in [0.717, 1.165) is 25.0 Å². The quantitative estimate of drug-likeness (QED) is 0.798. The van der Waals surface area contributed by atoms with Crippen molar-refractivity contribution < 1.29 is 22.8 Å². The molecule has 0 atom stereocenters. The lowest BCUT2D eigenvalue weighted by atomic mass is 9.97. The molecule has 1 aliphatic carbocycles. The van der Waals surface area contributed by atoms with E-state index >= 15 is 0 Å². The molecule has 1 saturated carbocycles. The van der Waals surface area contributed by atoms with Crippen LogP contribution in [0.25, 0.3) is 11.1 Å². The second-order valence-corrected chi connectivity index (χ2v) is 7.97. The summed E-state index contributed by atoms with van der Waals surface area (Å²) in [5, 5.41) is 3.03. The molecule has 2 fully saturated rings. The largest absolute Gasteiger partial charge is 0.416 e. The zero-order valence-electron chi connectivity index (χ0n) is 16.4. The van der Waals surface area contributed by atoms with Gasteiger partial charge in [0.05, 0.1) is 5.56 Å². The van der Waals surface area contributed by atoms with Crippen LogP contribution in [0, 0.1) is 5.92 Å². The van der Waals surface area contributed by atoms with Gasteiger partial charge in [-0.2, -0.15) is 13.2 Å². The van der Waals surface area contributed by atoms with Gasteiger partial charge in [-0.1, -0.05) is 30.3 Å². The summed E-state index contributed by atoms with van der Waals surface area (Å²) in [6.45, 7) is 1.28. The third-order valence-electron chi connectivity index (χ3n) is 5.76. The molecule has 0 bridgehead atoms. The molecule has 1 heterocycles. The number of likely N-dealkylation sites (tertiary alicyclic amines) is 1. The average Bonchev–Trinajstić information content (AvgIpc) is 3.59. The van der Waals surface area contributed by atoms with Crippen LogP contribution in [0.15, 0.2) is 48.5 Å². The van der Waals surface area contributed by atoms with E-state index < -0.39 is 11.7 Å². The minimum absolute atomic E-state index is 0.0265. The van der Waals surface area contributed by atoms with Crippen LogP contribution in [0.4, 0.5) is 13.2 Å². The van der Waals surface area contributed by atoms with Crippen LogP contribution in [0.1, 0.15) is 41.6 Å². The standard InChI is InChI=1S/C23H23F3N2O2/c24-23(25,26)17-9-7-15(8-10-17)19-3-1-2-4-20(19)21(29)27-18-11-13-28(14-12-18)22(30)16-5-6-16/h1-4,7-10,16,18H,5-6,11-14H2,(H,27,29). The van der Waals surface area contributed by atoms with Gasteiger partial charge in [0.1, 0.15) is 0 Å². The van der Waals surface area contributed by atoms with Gasteiger partial charge in [-0.15, -0.1) is 0 Å². The predicted octanol–water partition coefficient (Wildman–Crippen LogP) is 4.50. The lowest BCUT2D eigenvalue weighted by molar-refractivity contribution is -0.137. The second-order valence-electron chi connectivity index (χ2n) is 7.97. The molecule has 4 nitrogen and oxygen atoms in total. The first-order valence-corrected chi connectivity index (χ1v) is 10.2. The van der Waals surface area contributed by atoms with E-state index in [2.05, 4.69) is 5.32 Å². The normalized spacial score (nSPS) is 17.6. The van der Waals surface area contributed by atoms with Crippen molar-refractivity contribution in [1.29, 1.82) is 0 Å². The molecule has 30 heavy (non-hydrogen) atoms. The lowest BCUT2D eigenvalue weighted by Gasteiger charge is -2.32. The number of benzene rings is 2. The van der Waals surface area contributed by atoms with Crippen LogP contribution < -0.4 is 5.32 Å². The van der Waals surface area contributed by atoms with Crippen molar-refractivity contribution in [3.05, 3.63) is 59.7 Å². The number of nitrogens with one attached hydrogen (secondary N) is 1. The smallest absolute Gasteiger partial charge is 0.349 e. The summed E-state index contributed by atoms with van der Waals surface area (Å²) in [6.07, 6.45) is -1.03. The Hall–Kier alpha value is -2.83. The number of hydrogen-bond acceptors (Lipinski definition) is 2. The Morgan fingerprint density at radius 1 is 0.900 bits per heavy atom. The van der Waals surface area contributed by atoms with E-state index in [9.17, 15) is 22.8 Å². The molecular weight excluding hydrogens is 393 g/mol. The summed E-state index contributed by atoms with van der Waals surface area (Å²) in [4.78, 5) is 26.9. The average molecular weight is 416 g/mol.